The van der Waals surface area contributed by atoms with Crippen LogP contribution in [0.5, 0.6) is 0 Å². The molecule has 1 aromatic rings. The zero-order valence-electron chi connectivity index (χ0n) is 28.9. The lowest BCUT2D eigenvalue weighted by Crippen LogP contribution is -2.79. The highest BCUT2D eigenvalue weighted by molar-refractivity contribution is 5.89. The molecule has 1 unspecified atom stereocenters. The van der Waals surface area contributed by atoms with Crippen molar-refractivity contribution in [2.45, 2.75) is 87.8 Å². The van der Waals surface area contributed by atoms with Crippen molar-refractivity contribution in [3.05, 3.63) is 35.9 Å². The number of fused-ring (bicyclic) bond motifs is 2. The number of esters is 3. The van der Waals surface area contributed by atoms with Crippen molar-refractivity contribution in [3.63, 3.8) is 0 Å². The zero-order valence-corrected chi connectivity index (χ0v) is 28.9. The SMILES string of the molecule is CCN1C[C@@]2(COC)[C@H]3[C@@H](OC)[C@@H]4C1[C@]3([C@@H](OC)C[C@H]2OC(C)=O)[C@@H]1C[C@]2(O)[C@@H](OC)C[C@@]4(OC(C)=O)[C@H]1[C@H]2OC(=O)c1ccccc1. The minimum atomic E-state index is -1.58. The van der Waals surface area contributed by atoms with Crippen LogP contribution in [0.4, 0.5) is 0 Å². The summed E-state index contributed by atoms with van der Waals surface area (Å²) in [4.78, 5) is 42.2. The average Bonchev–Trinajstić information content (AvgIpc) is 3.43. The lowest BCUT2D eigenvalue weighted by atomic mass is 9.42. The summed E-state index contributed by atoms with van der Waals surface area (Å²) in [5.74, 6) is -3.11. The zero-order chi connectivity index (χ0) is 34.4. The Morgan fingerprint density at radius 3 is 2.19 bits per heavy atom. The maximum Gasteiger partial charge on any atom is 0.338 e. The minimum Gasteiger partial charge on any atom is -0.462 e. The van der Waals surface area contributed by atoms with E-state index in [9.17, 15) is 19.5 Å². The van der Waals surface area contributed by atoms with Gasteiger partial charge in [0, 0.05) is 96.3 Å². The van der Waals surface area contributed by atoms with Crippen LogP contribution < -0.4 is 0 Å². The Kier molecular flexibility index (Phi) is 8.28. The molecule has 7 rings (SSSR count). The molecule has 1 spiro atoms. The minimum absolute atomic E-state index is 0.198. The number of carbonyl (C=O) groups excluding carboxylic acids is 3. The van der Waals surface area contributed by atoms with Crippen molar-refractivity contribution >= 4 is 17.9 Å². The lowest BCUT2D eigenvalue weighted by Gasteiger charge is -2.70. The van der Waals surface area contributed by atoms with Gasteiger partial charge in [-0.15, -0.1) is 0 Å². The van der Waals surface area contributed by atoms with E-state index in [1.54, 1.807) is 45.6 Å². The molecule has 6 fully saturated rings. The largest absolute Gasteiger partial charge is 0.462 e. The maximum absolute atomic E-state index is 13.8. The number of methoxy groups -OCH3 is 4. The van der Waals surface area contributed by atoms with Crippen LogP contribution in [0.15, 0.2) is 30.3 Å². The Bertz CT molecular complexity index is 1440. The van der Waals surface area contributed by atoms with E-state index in [0.29, 0.717) is 31.7 Å². The number of likely N-dealkylation sites (tertiary alicyclic amines) is 1. The van der Waals surface area contributed by atoms with Crippen LogP contribution in [0.25, 0.3) is 0 Å². The predicted octanol–water partition coefficient (Wildman–Crippen LogP) is 2.25. The number of nitrogens with zero attached hydrogens (tertiary/aromatic N) is 1. The van der Waals surface area contributed by atoms with E-state index < -0.39 is 76.3 Å². The number of ether oxygens (including phenoxy) is 7. The van der Waals surface area contributed by atoms with Gasteiger partial charge in [-0.25, -0.2) is 4.79 Å². The molecule has 5 saturated carbocycles. The van der Waals surface area contributed by atoms with Gasteiger partial charge in [-0.3, -0.25) is 14.5 Å². The van der Waals surface area contributed by atoms with Crippen LogP contribution in [0, 0.1) is 34.5 Å². The van der Waals surface area contributed by atoms with Gasteiger partial charge in [-0.05, 0) is 31.0 Å². The smallest absolute Gasteiger partial charge is 0.338 e. The van der Waals surface area contributed by atoms with Crippen LogP contribution >= 0.6 is 0 Å². The van der Waals surface area contributed by atoms with Gasteiger partial charge in [0.2, 0.25) is 0 Å². The summed E-state index contributed by atoms with van der Waals surface area (Å²) in [6, 6.07) is 8.50. The number of aliphatic hydroxyl groups is 1. The normalized spacial score (nSPS) is 46.6. The lowest BCUT2D eigenvalue weighted by molar-refractivity contribution is -0.301. The highest BCUT2D eigenvalue weighted by atomic mass is 16.6. The third-order valence-corrected chi connectivity index (χ3v) is 13.4. The van der Waals surface area contributed by atoms with E-state index in [4.69, 9.17) is 33.2 Å². The summed E-state index contributed by atoms with van der Waals surface area (Å²) in [7, 11) is 6.56. The van der Waals surface area contributed by atoms with Crippen molar-refractivity contribution in [2.75, 3.05) is 48.1 Å². The standard InChI is InChI=1S/C36H49NO11/c1-8-37-17-33(18-42-4)23(46-19(2)38)14-24(43-5)36-22-15-34(41)25(44-6)16-35(48-20(3)39,27(30(36)37)28(45-7)29(33)36)26(22)31(34)47-32(40)21-12-10-9-11-13-21/h9-13,22-31,41H,8,14-18H2,1-7H3/t22-,23-,24+,25+,26-,27-,28+,29-,30?,31-,33+,34+,35-,36+/m1/s1. The first-order valence-electron chi connectivity index (χ1n) is 17.1. The second kappa shape index (κ2) is 11.7. The van der Waals surface area contributed by atoms with E-state index in [-0.39, 0.29) is 36.7 Å². The maximum atomic E-state index is 13.8. The summed E-state index contributed by atoms with van der Waals surface area (Å²) in [6.07, 6.45) is -2.50. The monoisotopic (exact) mass is 671 g/mol. The molecule has 5 aliphatic carbocycles. The Balaban J connectivity index is 1.51. The second-order valence-corrected chi connectivity index (χ2v) is 14.9. The molecule has 1 aliphatic heterocycles. The Morgan fingerprint density at radius 1 is 0.896 bits per heavy atom. The van der Waals surface area contributed by atoms with Crippen molar-refractivity contribution in [3.8, 4) is 0 Å². The van der Waals surface area contributed by atoms with Crippen LogP contribution in [0.3, 0.4) is 0 Å². The van der Waals surface area contributed by atoms with Gasteiger partial charge in [0.05, 0.1) is 30.5 Å². The van der Waals surface area contributed by atoms with E-state index in [0.717, 1.165) is 0 Å². The fraction of sp³-hybridized carbons (Fsp3) is 0.750. The molecule has 1 aromatic carbocycles. The summed E-state index contributed by atoms with van der Waals surface area (Å²) < 4.78 is 44.4. The summed E-state index contributed by atoms with van der Waals surface area (Å²) >= 11 is 0. The van der Waals surface area contributed by atoms with Gasteiger partial charge in [0.15, 0.2) is 0 Å². The molecule has 1 heterocycles. The third-order valence-electron chi connectivity index (χ3n) is 13.4. The molecule has 12 heteroatoms. The van der Waals surface area contributed by atoms with Gasteiger partial charge in [0.1, 0.15) is 23.4 Å². The molecule has 0 aromatic heterocycles. The van der Waals surface area contributed by atoms with Gasteiger partial charge >= 0.3 is 17.9 Å². The van der Waals surface area contributed by atoms with Gasteiger partial charge in [-0.2, -0.15) is 0 Å². The van der Waals surface area contributed by atoms with Crippen molar-refractivity contribution in [2.24, 2.45) is 34.5 Å². The highest BCUT2D eigenvalue weighted by Gasteiger charge is 2.91. The number of hydrogen-bond donors (Lipinski definition) is 1. The van der Waals surface area contributed by atoms with Gasteiger partial charge in [-0.1, -0.05) is 25.1 Å². The van der Waals surface area contributed by atoms with E-state index >= 15 is 0 Å². The highest BCUT2D eigenvalue weighted by Crippen LogP contribution is 2.80. The third kappa shape index (κ3) is 4.13. The Hall–Kier alpha value is -2.61. The molecule has 1 N–H and O–H groups in total. The molecule has 12 nitrogen and oxygen atoms in total. The second-order valence-electron chi connectivity index (χ2n) is 14.9. The molecule has 14 atom stereocenters. The predicted molar refractivity (Wildman–Crippen MR) is 169 cm³/mol. The van der Waals surface area contributed by atoms with Gasteiger partial charge in [0.25, 0.3) is 0 Å². The molecule has 48 heavy (non-hydrogen) atoms. The first kappa shape index (κ1) is 33.9. The van der Waals surface area contributed by atoms with Crippen LogP contribution in [-0.2, 0) is 42.7 Å². The van der Waals surface area contributed by atoms with Crippen molar-refractivity contribution in [1.82, 2.24) is 4.90 Å². The molecular weight excluding hydrogens is 622 g/mol. The van der Waals surface area contributed by atoms with E-state index in [2.05, 4.69) is 11.8 Å². The number of carbonyl (C=O) groups is 3. The fourth-order valence-electron chi connectivity index (χ4n) is 12.6. The van der Waals surface area contributed by atoms with E-state index in [1.165, 1.54) is 21.0 Å². The van der Waals surface area contributed by atoms with E-state index in [1.807, 2.05) is 6.07 Å². The summed E-state index contributed by atoms with van der Waals surface area (Å²) in [5, 5.41) is 12.8. The quantitative estimate of drug-likeness (QED) is 0.288. The molecule has 1 saturated heterocycles. The van der Waals surface area contributed by atoms with Gasteiger partial charge < -0.3 is 38.3 Å². The number of rotatable bonds is 10. The van der Waals surface area contributed by atoms with Crippen molar-refractivity contribution in [1.29, 1.82) is 0 Å². The first-order chi connectivity index (χ1) is 22.9. The first-order valence-corrected chi connectivity index (χ1v) is 17.1. The topological polar surface area (TPSA) is 139 Å². The molecule has 6 aliphatic rings. The van der Waals surface area contributed by atoms with Crippen LogP contribution in [0.1, 0.15) is 50.4 Å². The fourth-order valence-corrected chi connectivity index (χ4v) is 12.6. The molecule has 7 bridgehead atoms. The van der Waals surface area contributed by atoms with Crippen molar-refractivity contribution < 1.29 is 52.6 Å². The number of hydrogen-bond acceptors (Lipinski definition) is 12. The number of piperidine rings is 1. The Labute approximate surface area is 281 Å². The Morgan fingerprint density at radius 2 is 1.60 bits per heavy atom. The average molecular weight is 672 g/mol. The summed E-state index contributed by atoms with van der Waals surface area (Å²) in [6.45, 7) is 6.43. The van der Waals surface area contributed by atoms with Crippen LogP contribution in [-0.4, -0.2) is 124 Å². The van der Waals surface area contributed by atoms with Crippen LogP contribution in [0.2, 0.25) is 0 Å². The molecular formula is C36H49NO11. The molecule has 0 amide bonds. The molecule has 0 radical (unpaired) electrons. The molecule has 264 valence electrons. The summed E-state index contributed by atoms with van der Waals surface area (Å²) in [5.41, 5.74) is -3.87. The number of benzene rings is 1.